The molecule has 31 heavy (non-hydrogen) atoms. The molecule has 4 heteroatoms. The predicted molar refractivity (Wildman–Crippen MR) is 131 cm³/mol. The largest absolute Gasteiger partial charge is 0.458 e. The summed E-state index contributed by atoms with van der Waals surface area (Å²) in [6, 6.07) is 9.04. The van der Waals surface area contributed by atoms with Crippen molar-refractivity contribution in [1.29, 1.82) is 0 Å². The average Bonchev–Trinajstić information content (AvgIpc) is 3.13. The van der Waals surface area contributed by atoms with Crippen LogP contribution in [-0.2, 0) is 13.5 Å². The molecular weight excluding hydrogens is 398 g/mol. The Kier molecular flexibility index (Phi) is 4.39. The van der Waals surface area contributed by atoms with E-state index in [2.05, 4.69) is 83.2 Å². The van der Waals surface area contributed by atoms with Gasteiger partial charge in [-0.15, -0.1) is 0 Å². The molecule has 4 aromatic rings. The molecule has 2 aromatic carbocycles. The molecule has 0 saturated heterocycles. The van der Waals surface area contributed by atoms with Gasteiger partial charge in [0.15, 0.2) is 0 Å². The monoisotopic (exact) mass is 430 g/mol. The lowest BCUT2D eigenvalue weighted by molar-refractivity contribution is -0.633. The third-order valence-corrected chi connectivity index (χ3v) is 8.59. The Balaban J connectivity index is 1.97. The van der Waals surface area contributed by atoms with Crippen molar-refractivity contribution < 1.29 is 13.7 Å². The van der Waals surface area contributed by atoms with E-state index in [4.69, 9.17) is 9.15 Å². The minimum atomic E-state index is -1.77. The van der Waals surface area contributed by atoms with E-state index in [9.17, 15) is 0 Å². The molecule has 0 unspecified atom stereocenters. The zero-order valence-corrected chi connectivity index (χ0v) is 20.9. The molecule has 0 fully saturated rings. The molecule has 1 aliphatic rings. The molecular formula is C27H32NO2Si+. The molecule has 0 N–H and O–H groups in total. The summed E-state index contributed by atoms with van der Waals surface area (Å²) in [4.78, 5) is 0. The number of furan rings is 1. The van der Waals surface area contributed by atoms with Crippen molar-refractivity contribution in [2.45, 2.75) is 53.8 Å². The second-order valence-electron chi connectivity index (χ2n) is 10.6. The number of hydrogen-bond acceptors (Lipinski definition) is 2. The number of aryl methyl sites for hydroxylation is 2. The minimum Gasteiger partial charge on any atom is -0.458 e. The number of benzene rings is 2. The third-order valence-electron chi connectivity index (χ3n) is 6.63. The fraction of sp³-hybridized carbons (Fsp3) is 0.370. The van der Waals surface area contributed by atoms with Crippen LogP contribution in [0.1, 0.15) is 30.5 Å². The molecule has 3 heterocycles. The first-order valence-electron chi connectivity index (χ1n) is 11.3. The van der Waals surface area contributed by atoms with Crippen LogP contribution in [0.4, 0.5) is 0 Å². The highest BCUT2D eigenvalue weighted by molar-refractivity contribution is 6.91. The number of nitrogens with zero attached hydrogens (tertiary/aromatic N) is 1. The molecule has 0 spiro atoms. The molecule has 1 aliphatic heterocycles. The number of hydrogen-bond donors (Lipinski definition) is 0. The topological polar surface area (TPSA) is 26.2 Å². The summed E-state index contributed by atoms with van der Waals surface area (Å²) >= 11 is 0. The van der Waals surface area contributed by atoms with Crippen LogP contribution in [0.5, 0.6) is 11.5 Å². The Morgan fingerprint density at radius 3 is 2.48 bits per heavy atom. The minimum absolute atomic E-state index is 0.602. The smallest absolute Gasteiger partial charge is 0.256 e. The normalized spacial score (nSPS) is 13.2. The summed E-state index contributed by atoms with van der Waals surface area (Å²) in [6.07, 6.45) is 2.86. The van der Waals surface area contributed by atoms with Crippen molar-refractivity contribution in [3.8, 4) is 22.8 Å². The molecule has 0 aliphatic carbocycles. The number of aromatic nitrogens is 1. The van der Waals surface area contributed by atoms with Crippen molar-refractivity contribution in [1.82, 2.24) is 0 Å². The number of rotatable bonds is 3. The van der Waals surface area contributed by atoms with Gasteiger partial charge < -0.3 is 9.15 Å². The van der Waals surface area contributed by atoms with Gasteiger partial charge in [-0.3, -0.25) is 0 Å². The highest BCUT2D eigenvalue weighted by atomic mass is 28.3. The summed E-state index contributed by atoms with van der Waals surface area (Å²) in [5, 5.41) is 3.79. The van der Waals surface area contributed by atoms with Gasteiger partial charge in [-0.25, -0.2) is 0 Å². The van der Waals surface area contributed by atoms with E-state index in [0.29, 0.717) is 5.92 Å². The van der Waals surface area contributed by atoms with Crippen molar-refractivity contribution >= 4 is 35.1 Å². The predicted octanol–water partition coefficient (Wildman–Crippen LogP) is 6.54. The molecule has 5 rings (SSSR count). The van der Waals surface area contributed by atoms with E-state index in [1.807, 2.05) is 6.26 Å². The number of fused-ring (bicyclic) bond motifs is 3. The molecule has 2 aromatic heterocycles. The molecule has 0 bridgehead atoms. The summed E-state index contributed by atoms with van der Waals surface area (Å²) in [7, 11) is 0.368. The lowest BCUT2D eigenvalue weighted by Gasteiger charge is -2.27. The van der Waals surface area contributed by atoms with Gasteiger partial charge in [-0.05, 0) is 54.3 Å². The second kappa shape index (κ2) is 6.70. The third kappa shape index (κ3) is 2.95. The Morgan fingerprint density at radius 1 is 1.06 bits per heavy atom. The first-order chi connectivity index (χ1) is 14.6. The molecule has 160 valence electrons. The summed E-state index contributed by atoms with van der Waals surface area (Å²) in [5.41, 5.74) is 8.60. The number of ether oxygens (including phenoxy) is 1. The van der Waals surface area contributed by atoms with Crippen LogP contribution in [0.15, 0.2) is 34.9 Å². The fourth-order valence-corrected chi connectivity index (χ4v) is 6.91. The van der Waals surface area contributed by atoms with Crippen molar-refractivity contribution in [3.05, 3.63) is 47.2 Å². The average molecular weight is 431 g/mol. The Hall–Kier alpha value is -2.59. The van der Waals surface area contributed by atoms with Crippen LogP contribution in [0.3, 0.4) is 0 Å². The molecule has 3 nitrogen and oxygen atoms in total. The Labute approximate surface area is 185 Å². The van der Waals surface area contributed by atoms with Gasteiger partial charge in [-0.2, -0.15) is 4.57 Å². The first kappa shape index (κ1) is 20.3. The van der Waals surface area contributed by atoms with Crippen molar-refractivity contribution in [3.63, 3.8) is 0 Å². The quantitative estimate of drug-likeness (QED) is 0.240. The summed E-state index contributed by atoms with van der Waals surface area (Å²) < 4.78 is 15.2. The maximum atomic E-state index is 6.84. The molecule has 0 saturated carbocycles. The lowest BCUT2D eigenvalue weighted by Crippen LogP contribution is -2.44. The fourth-order valence-electron chi connectivity index (χ4n) is 5.19. The van der Waals surface area contributed by atoms with Crippen LogP contribution in [0.25, 0.3) is 33.1 Å². The first-order valence-corrected chi connectivity index (χ1v) is 14.8. The van der Waals surface area contributed by atoms with Crippen molar-refractivity contribution in [2.75, 3.05) is 0 Å². The molecule has 0 atom stereocenters. The van der Waals surface area contributed by atoms with E-state index in [1.165, 1.54) is 43.9 Å². The van der Waals surface area contributed by atoms with E-state index in [1.54, 1.807) is 0 Å². The Morgan fingerprint density at radius 2 is 1.81 bits per heavy atom. The second-order valence-corrected chi connectivity index (χ2v) is 15.6. The summed E-state index contributed by atoms with van der Waals surface area (Å²) in [5.74, 6) is 2.59. The number of pyridine rings is 1. The van der Waals surface area contributed by atoms with Gasteiger partial charge in [0.2, 0.25) is 11.3 Å². The van der Waals surface area contributed by atoms with Crippen LogP contribution < -0.4 is 14.5 Å². The highest BCUT2D eigenvalue weighted by Crippen LogP contribution is 2.48. The van der Waals surface area contributed by atoms with Crippen LogP contribution in [0.2, 0.25) is 19.6 Å². The van der Waals surface area contributed by atoms with Gasteiger partial charge in [0, 0.05) is 16.6 Å². The van der Waals surface area contributed by atoms with E-state index in [-0.39, 0.29) is 0 Å². The van der Waals surface area contributed by atoms with Gasteiger partial charge in [0.05, 0.1) is 19.9 Å². The van der Waals surface area contributed by atoms with Gasteiger partial charge in [-0.1, -0.05) is 45.6 Å². The van der Waals surface area contributed by atoms with Crippen LogP contribution in [-0.4, -0.2) is 8.07 Å². The zero-order chi connectivity index (χ0) is 22.2. The summed E-state index contributed by atoms with van der Waals surface area (Å²) in [6.45, 7) is 16.1. The lowest BCUT2D eigenvalue weighted by atomic mass is 9.88. The SMILES string of the molecule is Cc1cc2cc(CC(C)C)cc3c2c(c1C)-c1c(c([Si](C)(C)C)c2occc2[n+]1C)O3. The maximum Gasteiger partial charge on any atom is 0.256 e. The van der Waals surface area contributed by atoms with Crippen LogP contribution >= 0.6 is 0 Å². The Bertz CT molecular complexity index is 1370. The standard InChI is InChI=1S/C27H32NO2Si/c1-15(2)11-18-13-19-12-16(3)17(4)22-23(19)21(14-18)30-26-24(22)28(5)20-9-10-29-25(20)27(26)31(6,7)8/h9-10,12-15H,11H2,1-8H3/q+1. The maximum absolute atomic E-state index is 6.84. The molecule has 0 radical (unpaired) electrons. The van der Waals surface area contributed by atoms with Gasteiger partial charge in [0.1, 0.15) is 12.8 Å². The van der Waals surface area contributed by atoms with E-state index < -0.39 is 8.07 Å². The van der Waals surface area contributed by atoms with E-state index in [0.717, 1.165) is 29.0 Å². The zero-order valence-electron chi connectivity index (χ0n) is 19.9. The van der Waals surface area contributed by atoms with Gasteiger partial charge in [0.25, 0.3) is 11.2 Å². The highest BCUT2D eigenvalue weighted by Gasteiger charge is 2.39. The van der Waals surface area contributed by atoms with Gasteiger partial charge >= 0.3 is 0 Å². The van der Waals surface area contributed by atoms with E-state index >= 15 is 0 Å². The van der Waals surface area contributed by atoms with Crippen LogP contribution in [0, 0.1) is 19.8 Å². The van der Waals surface area contributed by atoms with Crippen molar-refractivity contribution in [2.24, 2.45) is 13.0 Å². The molecule has 0 amide bonds.